The number of carbonyl (C=O) groups is 1. The minimum absolute atomic E-state index is 0.00705. The fourth-order valence-electron chi connectivity index (χ4n) is 1.79. The molecule has 122 valence electrons. The number of benzene rings is 2. The highest BCUT2D eigenvalue weighted by molar-refractivity contribution is 7.89. The smallest absolute Gasteiger partial charge is 0.242 e. The quantitative estimate of drug-likeness (QED) is 0.877. The normalized spacial score (nSPS) is 12.7. The molecule has 23 heavy (non-hydrogen) atoms. The lowest BCUT2D eigenvalue weighted by molar-refractivity contribution is -0.117. The van der Waals surface area contributed by atoms with Gasteiger partial charge in [-0.1, -0.05) is 18.2 Å². The van der Waals surface area contributed by atoms with Gasteiger partial charge >= 0.3 is 0 Å². The van der Waals surface area contributed by atoms with E-state index in [1.165, 1.54) is 19.1 Å². The van der Waals surface area contributed by atoms with Gasteiger partial charge in [0, 0.05) is 6.07 Å². The molecule has 0 unspecified atom stereocenters. The van der Waals surface area contributed by atoms with Gasteiger partial charge in [0.25, 0.3) is 0 Å². The summed E-state index contributed by atoms with van der Waals surface area (Å²) in [6.07, 6.45) is 0. The Morgan fingerprint density at radius 2 is 1.74 bits per heavy atom. The van der Waals surface area contributed by atoms with Crippen molar-refractivity contribution in [3.8, 4) is 0 Å². The van der Waals surface area contributed by atoms with Gasteiger partial charge in [0.15, 0.2) is 0 Å². The van der Waals surface area contributed by atoms with Crippen LogP contribution < -0.4 is 10.0 Å². The fourth-order valence-corrected chi connectivity index (χ4v) is 3.01. The number of anilines is 1. The van der Waals surface area contributed by atoms with Crippen molar-refractivity contribution in [2.24, 2.45) is 0 Å². The standard InChI is InChI=1S/C15H14F2N2O3S/c1-10(19-23(21,22)12-5-3-2-4-6-12)15(20)18-14-8-7-11(16)9-13(14)17/h2-10,19H,1H3,(H,18,20)/t10-/m0/s1. The van der Waals surface area contributed by atoms with E-state index in [-0.39, 0.29) is 10.6 Å². The van der Waals surface area contributed by atoms with Gasteiger partial charge in [0.1, 0.15) is 11.6 Å². The number of rotatable bonds is 5. The third-order valence-corrected chi connectivity index (χ3v) is 4.52. The van der Waals surface area contributed by atoms with E-state index < -0.39 is 33.6 Å². The molecule has 0 aromatic heterocycles. The van der Waals surface area contributed by atoms with Crippen molar-refractivity contribution in [2.45, 2.75) is 17.9 Å². The highest BCUT2D eigenvalue weighted by Crippen LogP contribution is 2.15. The van der Waals surface area contributed by atoms with Gasteiger partial charge < -0.3 is 5.32 Å². The first-order valence-corrected chi connectivity index (χ1v) is 8.11. The van der Waals surface area contributed by atoms with E-state index in [2.05, 4.69) is 10.0 Å². The molecule has 0 aliphatic carbocycles. The van der Waals surface area contributed by atoms with Crippen LogP contribution in [0.4, 0.5) is 14.5 Å². The van der Waals surface area contributed by atoms with Gasteiger partial charge in [-0.05, 0) is 31.2 Å². The minimum Gasteiger partial charge on any atom is -0.322 e. The topological polar surface area (TPSA) is 75.3 Å². The van der Waals surface area contributed by atoms with Crippen LogP contribution in [0.3, 0.4) is 0 Å². The molecule has 0 aliphatic rings. The van der Waals surface area contributed by atoms with Crippen LogP contribution in [0.5, 0.6) is 0 Å². The van der Waals surface area contributed by atoms with Crippen molar-refractivity contribution in [2.75, 3.05) is 5.32 Å². The molecule has 2 aromatic carbocycles. The summed E-state index contributed by atoms with van der Waals surface area (Å²) < 4.78 is 52.7. The van der Waals surface area contributed by atoms with Crippen molar-refractivity contribution >= 4 is 21.6 Å². The maximum absolute atomic E-state index is 13.5. The summed E-state index contributed by atoms with van der Waals surface area (Å²) in [6, 6.07) is 9.03. The summed E-state index contributed by atoms with van der Waals surface area (Å²) >= 11 is 0. The van der Waals surface area contributed by atoms with E-state index in [0.717, 1.165) is 12.1 Å². The Morgan fingerprint density at radius 1 is 1.09 bits per heavy atom. The molecule has 0 fully saturated rings. The maximum Gasteiger partial charge on any atom is 0.242 e. The Hall–Kier alpha value is -2.32. The van der Waals surface area contributed by atoms with Gasteiger partial charge in [-0.25, -0.2) is 17.2 Å². The molecule has 0 aliphatic heterocycles. The van der Waals surface area contributed by atoms with E-state index >= 15 is 0 Å². The number of halogens is 2. The highest BCUT2D eigenvalue weighted by Gasteiger charge is 2.22. The van der Waals surface area contributed by atoms with E-state index in [1.807, 2.05) is 0 Å². The zero-order valence-corrected chi connectivity index (χ0v) is 12.9. The molecule has 0 heterocycles. The molecular formula is C15H14F2N2O3S. The number of nitrogens with one attached hydrogen (secondary N) is 2. The fraction of sp³-hybridized carbons (Fsp3) is 0.133. The molecule has 0 spiro atoms. The number of carbonyl (C=O) groups excluding carboxylic acids is 1. The molecule has 1 atom stereocenters. The first-order chi connectivity index (χ1) is 10.8. The first-order valence-electron chi connectivity index (χ1n) is 6.63. The number of sulfonamides is 1. The lowest BCUT2D eigenvalue weighted by Crippen LogP contribution is -2.41. The monoisotopic (exact) mass is 340 g/mol. The Bertz CT molecular complexity index is 811. The Labute approximate surface area is 132 Å². The molecule has 0 radical (unpaired) electrons. The lowest BCUT2D eigenvalue weighted by atomic mass is 10.2. The molecule has 2 N–H and O–H groups in total. The average Bonchev–Trinajstić information content (AvgIpc) is 2.50. The predicted octanol–water partition coefficient (Wildman–Crippen LogP) is 2.27. The Morgan fingerprint density at radius 3 is 2.35 bits per heavy atom. The summed E-state index contributed by atoms with van der Waals surface area (Å²) in [4.78, 5) is 12.0. The summed E-state index contributed by atoms with van der Waals surface area (Å²) in [7, 11) is -3.88. The second kappa shape index (κ2) is 6.84. The maximum atomic E-state index is 13.5. The molecule has 5 nitrogen and oxygen atoms in total. The number of amides is 1. The van der Waals surface area contributed by atoms with E-state index in [0.29, 0.717) is 6.07 Å². The number of hydrogen-bond donors (Lipinski definition) is 2. The van der Waals surface area contributed by atoms with Crippen molar-refractivity contribution in [1.29, 1.82) is 0 Å². The Balaban J connectivity index is 2.08. The van der Waals surface area contributed by atoms with Crippen LogP contribution in [0.2, 0.25) is 0 Å². The van der Waals surface area contributed by atoms with Crippen molar-refractivity contribution in [3.05, 3.63) is 60.2 Å². The van der Waals surface area contributed by atoms with Crippen molar-refractivity contribution in [3.63, 3.8) is 0 Å². The van der Waals surface area contributed by atoms with Crippen LogP contribution in [-0.2, 0) is 14.8 Å². The van der Waals surface area contributed by atoms with Gasteiger partial charge in [0.05, 0.1) is 16.6 Å². The minimum atomic E-state index is -3.88. The van der Waals surface area contributed by atoms with Crippen LogP contribution in [-0.4, -0.2) is 20.4 Å². The molecule has 8 heteroatoms. The second-order valence-electron chi connectivity index (χ2n) is 4.77. The average molecular weight is 340 g/mol. The second-order valence-corrected chi connectivity index (χ2v) is 6.48. The predicted molar refractivity (Wildman–Crippen MR) is 81.2 cm³/mol. The highest BCUT2D eigenvalue weighted by atomic mass is 32.2. The van der Waals surface area contributed by atoms with Crippen LogP contribution in [0.25, 0.3) is 0 Å². The SMILES string of the molecule is C[C@H](NS(=O)(=O)c1ccccc1)C(=O)Nc1ccc(F)cc1F. The van der Waals surface area contributed by atoms with E-state index in [1.54, 1.807) is 18.2 Å². The molecule has 2 aromatic rings. The van der Waals surface area contributed by atoms with Gasteiger partial charge in [-0.15, -0.1) is 0 Å². The van der Waals surface area contributed by atoms with Gasteiger partial charge in [0.2, 0.25) is 15.9 Å². The van der Waals surface area contributed by atoms with Crippen LogP contribution in [0.1, 0.15) is 6.92 Å². The van der Waals surface area contributed by atoms with Crippen LogP contribution in [0.15, 0.2) is 53.4 Å². The molecule has 2 rings (SSSR count). The summed E-state index contributed by atoms with van der Waals surface area (Å²) in [5.74, 6) is -2.50. The largest absolute Gasteiger partial charge is 0.322 e. The van der Waals surface area contributed by atoms with Crippen molar-refractivity contribution in [1.82, 2.24) is 4.72 Å². The van der Waals surface area contributed by atoms with E-state index in [4.69, 9.17) is 0 Å². The first kappa shape index (κ1) is 17.0. The molecular weight excluding hydrogens is 326 g/mol. The van der Waals surface area contributed by atoms with Gasteiger partial charge in [-0.2, -0.15) is 4.72 Å². The zero-order chi connectivity index (χ0) is 17.0. The summed E-state index contributed by atoms with van der Waals surface area (Å²) in [6.45, 7) is 1.32. The third kappa shape index (κ3) is 4.33. The molecule has 0 saturated carbocycles. The molecule has 1 amide bonds. The zero-order valence-electron chi connectivity index (χ0n) is 12.1. The van der Waals surface area contributed by atoms with Crippen LogP contribution >= 0.6 is 0 Å². The third-order valence-electron chi connectivity index (χ3n) is 2.97. The molecule has 0 saturated heterocycles. The lowest BCUT2D eigenvalue weighted by Gasteiger charge is -2.14. The van der Waals surface area contributed by atoms with Crippen molar-refractivity contribution < 1.29 is 22.0 Å². The summed E-state index contributed by atoms with van der Waals surface area (Å²) in [5, 5.41) is 2.20. The Kier molecular flexibility index (Phi) is 5.07. The van der Waals surface area contributed by atoms with Gasteiger partial charge in [-0.3, -0.25) is 4.79 Å². The van der Waals surface area contributed by atoms with Crippen LogP contribution in [0, 0.1) is 11.6 Å². The summed E-state index contributed by atoms with van der Waals surface area (Å²) in [5.41, 5.74) is -0.234. The van der Waals surface area contributed by atoms with E-state index in [9.17, 15) is 22.0 Å². The molecule has 0 bridgehead atoms. The number of hydrogen-bond acceptors (Lipinski definition) is 3.